The van der Waals surface area contributed by atoms with Crippen molar-refractivity contribution in [3.63, 3.8) is 0 Å². The molecule has 3 heteroatoms. The lowest BCUT2D eigenvalue weighted by molar-refractivity contribution is -0.140. The molecule has 3 nitrogen and oxygen atoms in total. The number of ether oxygens (including phenoxy) is 1. The first kappa shape index (κ1) is 20.4. The van der Waals surface area contributed by atoms with Crippen molar-refractivity contribution >= 4 is 16.9 Å². The van der Waals surface area contributed by atoms with Crippen LogP contribution < -0.4 is 0 Å². The lowest BCUT2D eigenvalue weighted by Crippen LogP contribution is -2.04. The Morgan fingerprint density at radius 3 is 2.50 bits per heavy atom. The summed E-state index contributed by atoms with van der Waals surface area (Å²) in [7, 11) is 1.45. The first-order chi connectivity index (χ1) is 12.7. The first-order valence-corrected chi connectivity index (χ1v) is 10.1. The van der Waals surface area contributed by atoms with Gasteiger partial charge in [0.2, 0.25) is 0 Å². The van der Waals surface area contributed by atoms with Crippen molar-refractivity contribution in [1.29, 1.82) is 0 Å². The van der Waals surface area contributed by atoms with Gasteiger partial charge in [-0.05, 0) is 49.8 Å². The molecule has 0 radical (unpaired) electrons. The molecular formula is C23H33NO2. The van der Waals surface area contributed by atoms with Gasteiger partial charge in [0.15, 0.2) is 0 Å². The number of fused-ring (bicyclic) bond motifs is 1. The van der Waals surface area contributed by atoms with Crippen LogP contribution in [0.4, 0.5) is 0 Å². The van der Waals surface area contributed by atoms with Gasteiger partial charge in [-0.1, -0.05) is 57.2 Å². The van der Waals surface area contributed by atoms with E-state index in [-0.39, 0.29) is 5.97 Å². The molecule has 0 aliphatic rings. The number of methoxy groups -OCH3 is 1. The number of hydrogen-bond acceptors (Lipinski definition) is 3. The zero-order valence-electron chi connectivity index (χ0n) is 16.6. The van der Waals surface area contributed by atoms with Crippen LogP contribution >= 0.6 is 0 Å². The molecule has 0 N–H and O–H groups in total. The lowest BCUT2D eigenvalue weighted by atomic mass is 9.95. The maximum absolute atomic E-state index is 11.4. The van der Waals surface area contributed by atoms with Crippen LogP contribution in [0.1, 0.15) is 75.1 Å². The molecular weight excluding hydrogens is 322 g/mol. The Labute approximate surface area is 158 Å². The SMILES string of the molecule is CCCCCCCCc1nc2ccccc2c(CCCC(=O)OC)c1C. The molecule has 2 rings (SSSR count). The molecule has 0 aliphatic heterocycles. The number of para-hydroxylation sites is 1. The number of aromatic nitrogens is 1. The number of pyridine rings is 1. The van der Waals surface area contributed by atoms with Gasteiger partial charge < -0.3 is 4.74 Å². The molecule has 0 amide bonds. The van der Waals surface area contributed by atoms with Crippen molar-refractivity contribution in [1.82, 2.24) is 4.98 Å². The zero-order valence-corrected chi connectivity index (χ0v) is 16.6. The fourth-order valence-corrected chi connectivity index (χ4v) is 3.58. The van der Waals surface area contributed by atoms with Gasteiger partial charge in [-0.25, -0.2) is 0 Å². The molecule has 1 aromatic carbocycles. The predicted molar refractivity (Wildman–Crippen MR) is 109 cm³/mol. The number of benzene rings is 1. The predicted octanol–water partition coefficient (Wildman–Crippen LogP) is 5.94. The molecule has 142 valence electrons. The largest absolute Gasteiger partial charge is 0.469 e. The van der Waals surface area contributed by atoms with Crippen LogP contribution in [0.25, 0.3) is 10.9 Å². The molecule has 0 aliphatic carbocycles. The first-order valence-electron chi connectivity index (χ1n) is 10.1. The van der Waals surface area contributed by atoms with Gasteiger partial charge in [0.25, 0.3) is 0 Å². The molecule has 1 aromatic heterocycles. The summed E-state index contributed by atoms with van der Waals surface area (Å²) in [5, 5.41) is 1.22. The van der Waals surface area contributed by atoms with E-state index >= 15 is 0 Å². The highest BCUT2D eigenvalue weighted by Crippen LogP contribution is 2.26. The van der Waals surface area contributed by atoms with Crippen molar-refractivity contribution in [3.05, 3.63) is 41.1 Å². The van der Waals surface area contributed by atoms with Crippen LogP contribution in [0.15, 0.2) is 24.3 Å². The normalized spacial score (nSPS) is 11.0. The molecule has 0 saturated heterocycles. The van der Waals surface area contributed by atoms with E-state index in [4.69, 9.17) is 9.72 Å². The number of hydrogen-bond donors (Lipinski definition) is 0. The third-order valence-corrected chi connectivity index (χ3v) is 5.17. The van der Waals surface area contributed by atoms with Gasteiger partial charge in [0.1, 0.15) is 0 Å². The lowest BCUT2D eigenvalue weighted by Gasteiger charge is -2.14. The van der Waals surface area contributed by atoms with Crippen molar-refractivity contribution in [2.24, 2.45) is 0 Å². The van der Waals surface area contributed by atoms with Crippen LogP contribution in [-0.4, -0.2) is 18.1 Å². The van der Waals surface area contributed by atoms with E-state index in [9.17, 15) is 4.79 Å². The summed E-state index contributed by atoms with van der Waals surface area (Å²) in [5.41, 5.74) is 4.96. The Kier molecular flexibility index (Phi) is 8.60. The molecule has 2 aromatic rings. The minimum Gasteiger partial charge on any atom is -0.469 e. The minimum absolute atomic E-state index is 0.131. The van der Waals surface area contributed by atoms with Crippen LogP contribution in [0, 0.1) is 6.92 Å². The van der Waals surface area contributed by atoms with E-state index in [0.717, 1.165) is 24.8 Å². The molecule has 0 saturated carbocycles. The second-order valence-corrected chi connectivity index (χ2v) is 7.13. The molecule has 26 heavy (non-hydrogen) atoms. The Bertz CT molecular complexity index is 709. The summed E-state index contributed by atoms with van der Waals surface area (Å²) in [5.74, 6) is -0.131. The second-order valence-electron chi connectivity index (χ2n) is 7.13. The molecule has 0 unspecified atom stereocenters. The third-order valence-electron chi connectivity index (χ3n) is 5.17. The summed E-state index contributed by atoms with van der Waals surface area (Å²) >= 11 is 0. The monoisotopic (exact) mass is 355 g/mol. The fraction of sp³-hybridized carbons (Fsp3) is 0.565. The standard InChI is InChI=1S/C23H33NO2/c1-4-5-6-7-8-9-15-21-18(2)19(14-12-17-23(25)26-3)20-13-10-11-16-22(20)24-21/h10-11,13,16H,4-9,12,14-15,17H2,1-3H3. The smallest absolute Gasteiger partial charge is 0.305 e. The average molecular weight is 356 g/mol. The van der Waals surface area contributed by atoms with Crippen molar-refractivity contribution in [2.45, 2.75) is 78.1 Å². The van der Waals surface area contributed by atoms with Gasteiger partial charge in [0.05, 0.1) is 12.6 Å². The molecule has 1 heterocycles. The van der Waals surface area contributed by atoms with Crippen LogP contribution in [0.2, 0.25) is 0 Å². The molecule has 0 fully saturated rings. The zero-order chi connectivity index (χ0) is 18.8. The average Bonchev–Trinajstić information content (AvgIpc) is 2.66. The van der Waals surface area contributed by atoms with Crippen LogP contribution in [0.3, 0.4) is 0 Å². The van der Waals surface area contributed by atoms with E-state index < -0.39 is 0 Å². The quantitative estimate of drug-likeness (QED) is 0.370. The van der Waals surface area contributed by atoms with Crippen molar-refractivity contribution in [2.75, 3.05) is 7.11 Å². The Morgan fingerprint density at radius 1 is 1.00 bits per heavy atom. The van der Waals surface area contributed by atoms with Gasteiger partial charge in [-0.2, -0.15) is 0 Å². The topological polar surface area (TPSA) is 39.2 Å². The van der Waals surface area contributed by atoms with E-state index in [1.165, 1.54) is 67.8 Å². The van der Waals surface area contributed by atoms with E-state index in [1.54, 1.807) is 0 Å². The number of carbonyl (C=O) groups excluding carboxylic acids is 1. The highest BCUT2D eigenvalue weighted by atomic mass is 16.5. The fourth-order valence-electron chi connectivity index (χ4n) is 3.58. The maximum atomic E-state index is 11.4. The van der Waals surface area contributed by atoms with E-state index in [2.05, 4.69) is 38.1 Å². The van der Waals surface area contributed by atoms with Gasteiger partial charge in [0, 0.05) is 17.5 Å². The Morgan fingerprint density at radius 2 is 1.73 bits per heavy atom. The highest BCUT2D eigenvalue weighted by molar-refractivity contribution is 5.83. The highest BCUT2D eigenvalue weighted by Gasteiger charge is 2.12. The van der Waals surface area contributed by atoms with Crippen LogP contribution in [0.5, 0.6) is 0 Å². The molecule has 0 atom stereocenters. The summed E-state index contributed by atoms with van der Waals surface area (Å²) in [4.78, 5) is 16.4. The van der Waals surface area contributed by atoms with Gasteiger partial charge >= 0.3 is 5.97 Å². The van der Waals surface area contributed by atoms with Crippen molar-refractivity contribution < 1.29 is 9.53 Å². The number of rotatable bonds is 11. The Hall–Kier alpha value is -1.90. The summed E-state index contributed by atoms with van der Waals surface area (Å²) in [6, 6.07) is 8.37. The number of aryl methyl sites for hydroxylation is 2. The molecule has 0 bridgehead atoms. The number of carbonyl (C=O) groups is 1. The number of esters is 1. The number of nitrogens with zero attached hydrogens (tertiary/aromatic N) is 1. The third kappa shape index (κ3) is 5.82. The summed E-state index contributed by atoms with van der Waals surface area (Å²) < 4.78 is 4.77. The second kappa shape index (κ2) is 10.9. The minimum atomic E-state index is -0.131. The van der Waals surface area contributed by atoms with Crippen LogP contribution in [-0.2, 0) is 22.4 Å². The summed E-state index contributed by atoms with van der Waals surface area (Å²) in [6.45, 7) is 4.45. The van der Waals surface area contributed by atoms with Gasteiger partial charge in [-0.3, -0.25) is 9.78 Å². The van der Waals surface area contributed by atoms with Crippen molar-refractivity contribution in [3.8, 4) is 0 Å². The maximum Gasteiger partial charge on any atom is 0.305 e. The van der Waals surface area contributed by atoms with Gasteiger partial charge in [-0.15, -0.1) is 0 Å². The summed E-state index contributed by atoms with van der Waals surface area (Å²) in [6.07, 6.45) is 11.0. The van der Waals surface area contributed by atoms with E-state index in [0.29, 0.717) is 6.42 Å². The molecule has 0 spiro atoms. The number of unbranched alkanes of at least 4 members (excludes halogenated alkanes) is 5. The Balaban J connectivity index is 2.09. The van der Waals surface area contributed by atoms with E-state index in [1.807, 2.05) is 0 Å².